The van der Waals surface area contributed by atoms with E-state index in [1.165, 1.54) is 16.3 Å². The Hall–Kier alpha value is -0.860. The van der Waals surface area contributed by atoms with Gasteiger partial charge >= 0.3 is 0 Å². The van der Waals surface area contributed by atoms with Crippen LogP contribution in [0.4, 0.5) is 0 Å². The fourth-order valence-corrected chi connectivity index (χ4v) is 2.24. The topological polar surface area (TPSA) is 9.23 Å². The highest BCUT2D eigenvalue weighted by Crippen LogP contribution is 2.30. The van der Waals surface area contributed by atoms with Crippen molar-refractivity contribution in [1.82, 2.24) is 0 Å². The molecule has 0 fully saturated rings. The van der Waals surface area contributed by atoms with E-state index in [-0.39, 0.29) is 6.10 Å². The molecule has 2 rings (SSSR count). The molecular weight excluding hydrogens is 252 g/mol. The van der Waals surface area contributed by atoms with Crippen molar-refractivity contribution in [2.75, 3.05) is 7.11 Å². The molecule has 1 atom stereocenters. The first-order valence-corrected chi connectivity index (χ1v) is 5.73. The Morgan fingerprint density at radius 3 is 2.40 bits per heavy atom. The minimum Gasteiger partial charge on any atom is -0.377 e. The number of hydrogen-bond donors (Lipinski definition) is 0. The van der Waals surface area contributed by atoms with Crippen LogP contribution in [0.1, 0.15) is 18.6 Å². The highest BCUT2D eigenvalue weighted by Gasteiger charge is 2.09. The molecule has 0 aromatic heterocycles. The van der Waals surface area contributed by atoms with Crippen molar-refractivity contribution in [2.24, 2.45) is 0 Å². The van der Waals surface area contributed by atoms with Crippen LogP contribution in [0.25, 0.3) is 10.8 Å². The van der Waals surface area contributed by atoms with Gasteiger partial charge in [-0.1, -0.05) is 46.3 Å². The molecule has 0 aliphatic heterocycles. The summed E-state index contributed by atoms with van der Waals surface area (Å²) < 4.78 is 6.50. The molecule has 2 heteroatoms. The Bertz CT molecular complexity index is 479. The van der Waals surface area contributed by atoms with Gasteiger partial charge in [-0.15, -0.1) is 0 Å². The molecule has 0 heterocycles. The molecule has 0 saturated carbocycles. The molecule has 0 amide bonds. The number of methoxy groups -OCH3 is 1. The van der Waals surface area contributed by atoms with Gasteiger partial charge < -0.3 is 4.74 Å². The van der Waals surface area contributed by atoms with Gasteiger partial charge in [-0.2, -0.15) is 0 Å². The van der Waals surface area contributed by atoms with Gasteiger partial charge in [0, 0.05) is 11.6 Å². The van der Waals surface area contributed by atoms with E-state index in [2.05, 4.69) is 53.2 Å². The van der Waals surface area contributed by atoms with Crippen LogP contribution in [0, 0.1) is 0 Å². The fourth-order valence-electron chi connectivity index (χ4n) is 1.77. The lowest BCUT2D eigenvalue weighted by molar-refractivity contribution is 0.121. The SMILES string of the molecule is COC(C)c1ccc(Br)c2ccccc12. The number of fused-ring (bicyclic) bond motifs is 1. The molecule has 0 aliphatic carbocycles. The fraction of sp³-hybridized carbons (Fsp3) is 0.231. The lowest BCUT2D eigenvalue weighted by atomic mass is 10.0. The third-order valence-corrected chi connectivity index (χ3v) is 3.39. The van der Waals surface area contributed by atoms with E-state index in [9.17, 15) is 0 Å². The van der Waals surface area contributed by atoms with E-state index >= 15 is 0 Å². The standard InChI is InChI=1S/C13H13BrO/c1-9(15-2)10-7-8-13(14)12-6-4-3-5-11(10)12/h3-9H,1-2H3. The van der Waals surface area contributed by atoms with Gasteiger partial charge in [0.15, 0.2) is 0 Å². The molecule has 1 nitrogen and oxygen atoms in total. The minimum atomic E-state index is 0.128. The van der Waals surface area contributed by atoms with E-state index in [0.717, 1.165) is 4.47 Å². The third kappa shape index (κ3) is 1.92. The summed E-state index contributed by atoms with van der Waals surface area (Å²) in [5.41, 5.74) is 1.23. The Kier molecular flexibility index (Phi) is 3.08. The minimum absolute atomic E-state index is 0.128. The number of halogens is 1. The maximum absolute atomic E-state index is 5.37. The summed E-state index contributed by atoms with van der Waals surface area (Å²) in [6.45, 7) is 2.07. The van der Waals surface area contributed by atoms with Crippen molar-refractivity contribution in [3.05, 3.63) is 46.4 Å². The van der Waals surface area contributed by atoms with Crippen LogP contribution >= 0.6 is 15.9 Å². The van der Waals surface area contributed by atoms with E-state index in [1.807, 2.05) is 6.07 Å². The Balaban J connectivity index is 2.71. The van der Waals surface area contributed by atoms with Crippen LogP contribution in [0.5, 0.6) is 0 Å². The van der Waals surface area contributed by atoms with Gasteiger partial charge in [-0.3, -0.25) is 0 Å². The monoisotopic (exact) mass is 264 g/mol. The summed E-state index contributed by atoms with van der Waals surface area (Å²) in [7, 11) is 1.74. The van der Waals surface area contributed by atoms with Gasteiger partial charge in [0.1, 0.15) is 0 Å². The summed E-state index contributed by atoms with van der Waals surface area (Å²) >= 11 is 3.56. The summed E-state index contributed by atoms with van der Waals surface area (Å²) in [6, 6.07) is 12.5. The molecule has 1 unspecified atom stereocenters. The molecule has 0 bridgehead atoms. The predicted molar refractivity (Wildman–Crippen MR) is 67.1 cm³/mol. The second-order valence-corrected chi connectivity index (χ2v) is 4.41. The largest absolute Gasteiger partial charge is 0.377 e. The van der Waals surface area contributed by atoms with Gasteiger partial charge in [-0.25, -0.2) is 0 Å². The highest BCUT2D eigenvalue weighted by atomic mass is 79.9. The maximum atomic E-state index is 5.37. The molecule has 0 N–H and O–H groups in total. The zero-order chi connectivity index (χ0) is 10.8. The average molecular weight is 265 g/mol. The average Bonchev–Trinajstić information content (AvgIpc) is 2.29. The summed E-state index contributed by atoms with van der Waals surface area (Å²) in [5, 5.41) is 2.49. The smallest absolute Gasteiger partial charge is 0.0799 e. The molecule has 78 valence electrons. The zero-order valence-corrected chi connectivity index (χ0v) is 10.4. The number of rotatable bonds is 2. The second-order valence-electron chi connectivity index (χ2n) is 3.56. The van der Waals surface area contributed by atoms with Crippen molar-refractivity contribution in [3.63, 3.8) is 0 Å². The van der Waals surface area contributed by atoms with Crippen LogP contribution in [0.2, 0.25) is 0 Å². The predicted octanol–water partition coefficient (Wildman–Crippen LogP) is 4.31. The summed E-state index contributed by atoms with van der Waals surface area (Å²) in [5.74, 6) is 0. The summed E-state index contributed by atoms with van der Waals surface area (Å²) in [4.78, 5) is 0. The number of hydrogen-bond acceptors (Lipinski definition) is 1. The van der Waals surface area contributed by atoms with Crippen molar-refractivity contribution in [3.8, 4) is 0 Å². The molecule has 0 spiro atoms. The maximum Gasteiger partial charge on any atom is 0.0799 e. The van der Waals surface area contributed by atoms with Gasteiger partial charge in [0.25, 0.3) is 0 Å². The molecule has 2 aromatic rings. The molecular formula is C13H13BrO. The quantitative estimate of drug-likeness (QED) is 0.786. The summed E-state index contributed by atoms with van der Waals surface area (Å²) in [6.07, 6.45) is 0.128. The van der Waals surface area contributed by atoms with Gasteiger partial charge in [0.2, 0.25) is 0 Å². The van der Waals surface area contributed by atoms with Crippen LogP contribution in [-0.4, -0.2) is 7.11 Å². The van der Waals surface area contributed by atoms with Crippen molar-refractivity contribution in [1.29, 1.82) is 0 Å². The molecule has 0 saturated heterocycles. The van der Waals surface area contributed by atoms with Crippen molar-refractivity contribution in [2.45, 2.75) is 13.0 Å². The Labute approximate surface area is 98.2 Å². The zero-order valence-electron chi connectivity index (χ0n) is 8.83. The lowest BCUT2D eigenvalue weighted by Crippen LogP contribution is -1.96. The molecule has 2 aromatic carbocycles. The second kappa shape index (κ2) is 4.33. The normalized spacial score (nSPS) is 13.0. The van der Waals surface area contributed by atoms with Gasteiger partial charge in [0.05, 0.1) is 6.10 Å². The van der Waals surface area contributed by atoms with E-state index in [0.29, 0.717) is 0 Å². The van der Waals surface area contributed by atoms with Crippen LogP contribution in [0.3, 0.4) is 0 Å². The Morgan fingerprint density at radius 1 is 1.07 bits per heavy atom. The van der Waals surface area contributed by atoms with Crippen LogP contribution in [-0.2, 0) is 4.74 Å². The van der Waals surface area contributed by atoms with E-state index in [4.69, 9.17) is 4.74 Å². The van der Waals surface area contributed by atoms with Crippen LogP contribution in [0.15, 0.2) is 40.9 Å². The van der Waals surface area contributed by atoms with Crippen LogP contribution < -0.4 is 0 Å². The van der Waals surface area contributed by atoms with Crippen molar-refractivity contribution < 1.29 is 4.74 Å². The first-order valence-electron chi connectivity index (χ1n) is 4.94. The first kappa shape index (κ1) is 10.7. The number of ether oxygens (including phenoxy) is 1. The molecule has 15 heavy (non-hydrogen) atoms. The van der Waals surface area contributed by atoms with Crippen molar-refractivity contribution >= 4 is 26.7 Å². The van der Waals surface area contributed by atoms with Gasteiger partial charge in [-0.05, 0) is 29.3 Å². The number of benzene rings is 2. The first-order chi connectivity index (χ1) is 7.24. The van der Waals surface area contributed by atoms with E-state index in [1.54, 1.807) is 7.11 Å². The Morgan fingerprint density at radius 2 is 1.73 bits per heavy atom. The lowest BCUT2D eigenvalue weighted by Gasteiger charge is -2.13. The molecule has 0 radical (unpaired) electrons. The van der Waals surface area contributed by atoms with E-state index < -0.39 is 0 Å². The molecule has 0 aliphatic rings. The highest BCUT2D eigenvalue weighted by molar-refractivity contribution is 9.10. The third-order valence-electron chi connectivity index (χ3n) is 2.70.